The minimum absolute atomic E-state index is 0.233. The molecule has 6 nitrogen and oxygen atoms in total. The van der Waals surface area contributed by atoms with Crippen LogP contribution < -0.4 is 10.6 Å². The second-order valence-electron chi connectivity index (χ2n) is 7.90. The van der Waals surface area contributed by atoms with Crippen LogP contribution in [0.2, 0.25) is 0 Å². The molecule has 0 radical (unpaired) electrons. The molecule has 0 amide bonds. The molecule has 2 heterocycles. The van der Waals surface area contributed by atoms with Crippen LogP contribution in [0.15, 0.2) is 46.8 Å². The van der Waals surface area contributed by atoms with Crippen molar-refractivity contribution in [3.8, 4) is 0 Å². The van der Waals surface area contributed by atoms with E-state index >= 15 is 0 Å². The molecule has 1 aromatic heterocycles. The number of nitrogens with zero attached hydrogens (tertiary/aromatic N) is 2. The zero-order valence-electron chi connectivity index (χ0n) is 18.2. The SMILES string of the molecule is CCNC(=NCC(C)(O)c1cccs1)NCC(c1ccc(C)cc1)N1CCOCC1. The molecular weight excluding hydrogens is 396 g/mol. The zero-order chi connectivity index (χ0) is 21.4. The van der Waals surface area contributed by atoms with Gasteiger partial charge in [-0.15, -0.1) is 11.3 Å². The third-order valence-corrected chi connectivity index (χ3v) is 6.48. The number of nitrogens with one attached hydrogen (secondary N) is 2. The number of rotatable bonds is 8. The third-order valence-electron chi connectivity index (χ3n) is 5.35. The summed E-state index contributed by atoms with van der Waals surface area (Å²) in [5, 5.41) is 19.6. The number of ether oxygens (including phenoxy) is 1. The van der Waals surface area contributed by atoms with Gasteiger partial charge in [-0.2, -0.15) is 0 Å². The Morgan fingerprint density at radius 3 is 2.60 bits per heavy atom. The van der Waals surface area contributed by atoms with Crippen molar-refractivity contribution in [1.82, 2.24) is 15.5 Å². The number of benzene rings is 1. The van der Waals surface area contributed by atoms with Gasteiger partial charge in [0.15, 0.2) is 5.96 Å². The number of hydrogen-bond acceptors (Lipinski definition) is 5. The summed E-state index contributed by atoms with van der Waals surface area (Å²) in [6.07, 6.45) is 0. The van der Waals surface area contributed by atoms with Crippen molar-refractivity contribution in [1.29, 1.82) is 0 Å². The lowest BCUT2D eigenvalue weighted by Crippen LogP contribution is -2.46. The van der Waals surface area contributed by atoms with Gasteiger partial charge in [-0.25, -0.2) is 4.99 Å². The smallest absolute Gasteiger partial charge is 0.191 e. The molecule has 0 saturated carbocycles. The molecule has 7 heteroatoms. The van der Waals surface area contributed by atoms with E-state index in [2.05, 4.69) is 51.7 Å². The highest BCUT2D eigenvalue weighted by molar-refractivity contribution is 7.10. The van der Waals surface area contributed by atoms with Crippen LogP contribution in [0.5, 0.6) is 0 Å². The van der Waals surface area contributed by atoms with Gasteiger partial charge in [0.05, 0.1) is 25.8 Å². The molecule has 1 fully saturated rings. The Morgan fingerprint density at radius 2 is 1.97 bits per heavy atom. The van der Waals surface area contributed by atoms with Gasteiger partial charge in [0.1, 0.15) is 5.60 Å². The van der Waals surface area contributed by atoms with Gasteiger partial charge in [-0.1, -0.05) is 35.9 Å². The van der Waals surface area contributed by atoms with Gasteiger partial charge in [0, 0.05) is 31.1 Å². The van der Waals surface area contributed by atoms with E-state index in [9.17, 15) is 5.11 Å². The van der Waals surface area contributed by atoms with E-state index in [1.165, 1.54) is 11.1 Å². The van der Waals surface area contributed by atoms with Crippen molar-refractivity contribution in [3.63, 3.8) is 0 Å². The highest BCUT2D eigenvalue weighted by Gasteiger charge is 2.25. The summed E-state index contributed by atoms with van der Waals surface area (Å²) >= 11 is 1.55. The Balaban J connectivity index is 1.71. The third kappa shape index (κ3) is 6.28. The summed E-state index contributed by atoms with van der Waals surface area (Å²) in [5.41, 5.74) is 1.58. The number of thiophene rings is 1. The number of aryl methyl sites for hydroxylation is 1. The highest BCUT2D eigenvalue weighted by Crippen LogP contribution is 2.25. The van der Waals surface area contributed by atoms with E-state index in [4.69, 9.17) is 4.74 Å². The second-order valence-corrected chi connectivity index (χ2v) is 8.85. The van der Waals surface area contributed by atoms with Gasteiger partial charge in [0.25, 0.3) is 0 Å². The molecule has 2 unspecified atom stereocenters. The first-order valence-corrected chi connectivity index (χ1v) is 11.5. The summed E-state index contributed by atoms with van der Waals surface area (Å²) in [4.78, 5) is 8.06. The average molecular weight is 431 g/mol. The van der Waals surface area contributed by atoms with Crippen LogP contribution in [0.3, 0.4) is 0 Å². The maximum atomic E-state index is 10.8. The minimum atomic E-state index is -0.975. The van der Waals surface area contributed by atoms with Crippen LogP contribution >= 0.6 is 11.3 Å². The van der Waals surface area contributed by atoms with Crippen LogP contribution in [-0.2, 0) is 10.3 Å². The number of hydrogen-bond donors (Lipinski definition) is 3. The lowest BCUT2D eigenvalue weighted by Gasteiger charge is -2.35. The number of aliphatic hydroxyl groups is 1. The predicted octanol–water partition coefficient (Wildman–Crippen LogP) is 2.89. The van der Waals surface area contributed by atoms with Crippen molar-refractivity contribution < 1.29 is 9.84 Å². The molecule has 2 atom stereocenters. The second kappa shape index (κ2) is 10.9. The van der Waals surface area contributed by atoms with Crippen LogP contribution in [0.25, 0.3) is 0 Å². The fourth-order valence-electron chi connectivity index (χ4n) is 3.57. The van der Waals surface area contributed by atoms with Crippen molar-refractivity contribution in [2.45, 2.75) is 32.4 Å². The Kier molecular flexibility index (Phi) is 8.27. The van der Waals surface area contributed by atoms with Crippen molar-refractivity contribution in [2.75, 3.05) is 45.9 Å². The highest BCUT2D eigenvalue weighted by atomic mass is 32.1. The van der Waals surface area contributed by atoms with Crippen molar-refractivity contribution in [3.05, 3.63) is 57.8 Å². The van der Waals surface area contributed by atoms with Gasteiger partial charge >= 0.3 is 0 Å². The van der Waals surface area contributed by atoms with Crippen molar-refractivity contribution >= 4 is 17.3 Å². The molecule has 0 spiro atoms. The molecule has 30 heavy (non-hydrogen) atoms. The maximum Gasteiger partial charge on any atom is 0.191 e. The molecule has 3 N–H and O–H groups in total. The Labute approximate surface area is 184 Å². The molecule has 0 bridgehead atoms. The fraction of sp³-hybridized carbons (Fsp3) is 0.522. The van der Waals surface area contributed by atoms with Crippen LogP contribution in [-0.4, -0.2) is 61.9 Å². The van der Waals surface area contributed by atoms with E-state index < -0.39 is 5.60 Å². The molecule has 1 saturated heterocycles. The van der Waals surface area contributed by atoms with E-state index in [0.717, 1.165) is 50.2 Å². The molecule has 1 aromatic carbocycles. The largest absolute Gasteiger partial charge is 0.383 e. The standard InChI is InChI=1S/C23H34N4O2S/c1-4-24-22(26-17-23(3,28)21-6-5-15-30-21)25-16-20(27-11-13-29-14-12-27)19-9-7-18(2)8-10-19/h5-10,15,20,28H,4,11-14,16-17H2,1-3H3,(H2,24,25,26). The lowest BCUT2D eigenvalue weighted by molar-refractivity contribution is 0.0169. The molecule has 1 aliphatic rings. The molecule has 3 rings (SSSR count). The summed E-state index contributed by atoms with van der Waals surface area (Å²) in [6, 6.07) is 12.9. The Morgan fingerprint density at radius 1 is 1.23 bits per heavy atom. The first-order valence-electron chi connectivity index (χ1n) is 10.7. The summed E-state index contributed by atoms with van der Waals surface area (Å²) in [5.74, 6) is 0.722. The van der Waals surface area contributed by atoms with Gasteiger partial charge < -0.3 is 20.5 Å². The first kappa shape index (κ1) is 22.7. The van der Waals surface area contributed by atoms with Crippen LogP contribution in [0, 0.1) is 6.92 Å². The number of morpholine rings is 1. The average Bonchev–Trinajstić information content (AvgIpc) is 3.30. The molecule has 0 aliphatic carbocycles. The predicted molar refractivity (Wildman–Crippen MR) is 124 cm³/mol. The molecule has 2 aromatic rings. The maximum absolute atomic E-state index is 10.8. The van der Waals surface area contributed by atoms with Gasteiger partial charge in [-0.05, 0) is 37.8 Å². The van der Waals surface area contributed by atoms with E-state index in [0.29, 0.717) is 6.54 Å². The zero-order valence-corrected chi connectivity index (χ0v) is 19.0. The molecular formula is C23H34N4O2S. The van der Waals surface area contributed by atoms with Crippen LogP contribution in [0.1, 0.15) is 35.9 Å². The molecule has 164 valence electrons. The quantitative estimate of drug-likeness (QED) is 0.444. The fourth-order valence-corrected chi connectivity index (χ4v) is 4.35. The minimum Gasteiger partial charge on any atom is -0.383 e. The van der Waals surface area contributed by atoms with Gasteiger partial charge in [-0.3, -0.25) is 4.90 Å². The van der Waals surface area contributed by atoms with Crippen molar-refractivity contribution in [2.24, 2.45) is 4.99 Å². The number of guanidine groups is 1. The first-order chi connectivity index (χ1) is 14.5. The Hall–Kier alpha value is -1.93. The number of aliphatic imine (C=N–C) groups is 1. The topological polar surface area (TPSA) is 69.1 Å². The molecule has 1 aliphatic heterocycles. The van der Waals surface area contributed by atoms with Gasteiger partial charge in [0.2, 0.25) is 0 Å². The Bertz CT molecular complexity index is 784. The monoisotopic (exact) mass is 430 g/mol. The normalized spacial score (nSPS) is 18.6. The van der Waals surface area contributed by atoms with E-state index in [1.54, 1.807) is 11.3 Å². The summed E-state index contributed by atoms with van der Waals surface area (Å²) < 4.78 is 5.56. The van der Waals surface area contributed by atoms with E-state index in [1.807, 2.05) is 31.4 Å². The summed E-state index contributed by atoms with van der Waals surface area (Å²) in [6.45, 7) is 11.1. The van der Waals surface area contributed by atoms with Crippen LogP contribution in [0.4, 0.5) is 0 Å². The van der Waals surface area contributed by atoms with E-state index in [-0.39, 0.29) is 6.04 Å². The lowest BCUT2D eigenvalue weighted by atomic mass is 10.0. The summed E-state index contributed by atoms with van der Waals surface area (Å²) in [7, 11) is 0.